The van der Waals surface area contributed by atoms with Crippen LogP contribution < -0.4 is 0 Å². The Labute approximate surface area is 390 Å². The van der Waals surface area contributed by atoms with Crippen molar-refractivity contribution in [2.75, 3.05) is 0 Å². The lowest BCUT2D eigenvalue weighted by atomic mass is 9.91. The second-order valence-electron chi connectivity index (χ2n) is 16.5. The first-order chi connectivity index (χ1) is 33.6. The molecular formula is C60H34N8. The minimum absolute atomic E-state index is 0.456. The number of para-hydroxylation sites is 2. The summed E-state index contributed by atoms with van der Waals surface area (Å²) in [6.07, 6.45) is 0. The molecule has 0 aliphatic rings. The van der Waals surface area contributed by atoms with E-state index in [0.29, 0.717) is 34.2 Å². The molecule has 9 aromatic carbocycles. The van der Waals surface area contributed by atoms with Gasteiger partial charge in [0.2, 0.25) is 0 Å². The van der Waals surface area contributed by atoms with Gasteiger partial charge in [0.15, 0.2) is 17.5 Å². The van der Waals surface area contributed by atoms with Gasteiger partial charge in [0, 0.05) is 38.2 Å². The molecule has 3 aromatic heterocycles. The van der Waals surface area contributed by atoms with E-state index in [4.69, 9.17) is 15.0 Å². The summed E-state index contributed by atoms with van der Waals surface area (Å²) >= 11 is 0. The predicted molar refractivity (Wildman–Crippen MR) is 270 cm³/mol. The molecule has 0 saturated heterocycles. The Morgan fingerprint density at radius 2 is 0.824 bits per heavy atom. The monoisotopic (exact) mass is 866 g/mol. The zero-order valence-corrected chi connectivity index (χ0v) is 36.2. The van der Waals surface area contributed by atoms with E-state index in [0.717, 1.165) is 93.9 Å². The fourth-order valence-electron chi connectivity index (χ4n) is 9.66. The van der Waals surface area contributed by atoms with E-state index in [1.165, 1.54) is 0 Å². The zero-order chi connectivity index (χ0) is 45.7. The molecule has 314 valence electrons. The van der Waals surface area contributed by atoms with E-state index in [1.54, 1.807) is 0 Å². The third kappa shape index (κ3) is 6.47. The van der Waals surface area contributed by atoms with Crippen molar-refractivity contribution in [2.45, 2.75) is 0 Å². The van der Waals surface area contributed by atoms with Crippen LogP contribution in [0.5, 0.6) is 0 Å². The van der Waals surface area contributed by atoms with Gasteiger partial charge in [0.1, 0.15) is 0 Å². The minimum Gasteiger partial charge on any atom is -0.309 e. The van der Waals surface area contributed by atoms with E-state index in [1.807, 2.05) is 146 Å². The average molecular weight is 867 g/mol. The molecule has 0 aliphatic carbocycles. The molecule has 0 saturated carbocycles. The van der Waals surface area contributed by atoms with Crippen LogP contribution in [0.25, 0.3) is 111 Å². The van der Waals surface area contributed by atoms with Crippen molar-refractivity contribution >= 4 is 43.6 Å². The number of aromatic nitrogens is 5. The largest absolute Gasteiger partial charge is 0.309 e. The third-order valence-electron chi connectivity index (χ3n) is 12.7. The fraction of sp³-hybridized carbons (Fsp3) is 0. The van der Waals surface area contributed by atoms with Crippen molar-refractivity contribution in [1.29, 1.82) is 15.8 Å². The van der Waals surface area contributed by atoms with Crippen LogP contribution in [0.4, 0.5) is 0 Å². The van der Waals surface area contributed by atoms with Crippen LogP contribution in [0.1, 0.15) is 16.7 Å². The lowest BCUT2D eigenvalue weighted by molar-refractivity contribution is 1.06. The number of fused-ring (bicyclic) bond motifs is 6. The standard InChI is InChI=1S/C60H34N8/c61-35-38-26-29-53-48(32-38)45-20-9-11-23-51(45)67(53)55-31-28-42(44-19-8-7-18-43(44)37-63)34-50(55)47-22-13-25-56(68-52-24-12-10-21-46(52)49-33-39(36-62)27-30-54(49)68)57(47)60-65-58(40-14-3-1-4-15-40)64-59(66-60)41-16-5-2-6-17-41/h1-34H. The van der Waals surface area contributed by atoms with Crippen LogP contribution in [-0.2, 0) is 0 Å². The molecule has 0 aliphatic heterocycles. The zero-order valence-electron chi connectivity index (χ0n) is 36.2. The van der Waals surface area contributed by atoms with Crippen molar-refractivity contribution in [3.8, 4) is 86.0 Å². The Morgan fingerprint density at radius 3 is 1.41 bits per heavy atom. The third-order valence-corrected chi connectivity index (χ3v) is 12.7. The highest BCUT2D eigenvalue weighted by Gasteiger charge is 2.26. The van der Waals surface area contributed by atoms with Gasteiger partial charge in [0.05, 0.1) is 73.9 Å². The summed E-state index contributed by atoms with van der Waals surface area (Å²) in [4.78, 5) is 15.9. The molecule has 0 bridgehead atoms. The van der Waals surface area contributed by atoms with Gasteiger partial charge in [-0.3, -0.25) is 0 Å². The number of nitrogens with zero attached hydrogens (tertiary/aromatic N) is 8. The van der Waals surface area contributed by atoms with Crippen LogP contribution in [-0.4, -0.2) is 24.1 Å². The second kappa shape index (κ2) is 16.2. The second-order valence-corrected chi connectivity index (χ2v) is 16.5. The van der Waals surface area contributed by atoms with Crippen LogP contribution in [0.2, 0.25) is 0 Å². The van der Waals surface area contributed by atoms with Gasteiger partial charge < -0.3 is 9.13 Å². The van der Waals surface area contributed by atoms with Gasteiger partial charge in [-0.05, 0) is 89.5 Å². The first kappa shape index (κ1) is 39.6. The first-order valence-electron chi connectivity index (χ1n) is 22.1. The predicted octanol–water partition coefficient (Wildman–Crippen LogP) is 14.0. The van der Waals surface area contributed by atoms with Crippen molar-refractivity contribution in [2.24, 2.45) is 0 Å². The van der Waals surface area contributed by atoms with E-state index in [9.17, 15) is 15.8 Å². The quantitative estimate of drug-likeness (QED) is 0.157. The highest BCUT2D eigenvalue weighted by molar-refractivity contribution is 6.12. The lowest BCUT2D eigenvalue weighted by Crippen LogP contribution is -2.06. The lowest BCUT2D eigenvalue weighted by Gasteiger charge is -2.21. The van der Waals surface area contributed by atoms with E-state index >= 15 is 0 Å². The molecule has 0 fully saturated rings. The number of nitriles is 3. The molecule has 8 nitrogen and oxygen atoms in total. The maximum absolute atomic E-state index is 10.4. The summed E-state index contributed by atoms with van der Waals surface area (Å²) in [6.45, 7) is 0. The summed E-state index contributed by atoms with van der Waals surface area (Å²) in [5.41, 5.74) is 12.9. The number of hydrogen-bond acceptors (Lipinski definition) is 6. The van der Waals surface area contributed by atoms with Gasteiger partial charge in [-0.25, -0.2) is 15.0 Å². The molecule has 0 spiro atoms. The Morgan fingerprint density at radius 1 is 0.324 bits per heavy atom. The van der Waals surface area contributed by atoms with Gasteiger partial charge >= 0.3 is 0 Å². The molecule has 0 N–H and O–H groups in total. The van der Waals surface area contributed by atoms with E-state index in [-0.39, 0.29) is 0 Å². The van der Waals surface area contributed by atoms with Gasteiger partial charge in [-0.1, -0.05) is 133 Å². The Bertz CT molecular complexity index is 4070. The summed E-state index contributed by atoms with van der Waals surface area (Å²) in [6, 6.07) is 75.6. The maximum Gasteiger partial charge on any atom is 0.166 e. The van der Waals surface area contributed by atoms with Crippen LogP contribution in [0.15, 0.2) is 206 Å². The first-order valence-corrected chi connectivity index (χ1v) is 22.1. The molecular weight excluding hydrogens is 833 g/mol. The summed E-state index contributed by atoms with van der Waals surface area (Å²) in [5, 5.41) is 34.4. The summed E-state index contributed by atoms with van der Waals surface area (Å²) < 4.78 is 4.51. The van der Waals surface area contributed by atoms with Crippen molar-refractivity contribution in [1.82, 2.24) is 24.1 Å². The van der Waals surface area contributed by atoms with Crippen molar-refractivity contribution < 1.29 is 0 Å². The minimum atomic E-state index is 0.456. The van der Waals surface area contributed by atoms with Crippen LogP contribution in [0.3, 0.4) is 0 Å². The van der Waals surface area contributed by atoms with Gasteiger partial charge in [-0.2, -0.15) is 15.8 Å². The molecule has 0 unspecified atom stereocenters. The van der Waals surface area contributed by atoms with E-state index in [2.05, 4.69) is 88.0 Å². The average Bonchev–Trinajstić information content (AvgIpc) is 3.92. The number of hydrogen-bond donors (Lipinski definition) is 0. The highest BCUT2D eigenvalue weighted by atomic mass is 15.1. The molecule has 0 radical (unpaired) electrons. The summed E-state index contributed by atoms with van der Waals surface area (Å²) in [5.74, 6) is 1.49. The Hall–Kier alpha value is -9.94. The molecule has 12 rings (SSSR count). The van der Waals surface area contributed by atoms with Crippen molar-refractivity contribution in [3.05, 3.63) is 223 Å². The van der Waals surface area contributed by atoms with Crippen LogP contribution in [0, 0.1) is 34.0 Å². The molecule has 8 heteroatoms. The number of benzene rings is 9. The molecule has 68 heavy (non-hydrogen) atoms. The molecule has 0 atom stereocenters. The Kier molecular flexibility index (Phi) is 9.47. The SMILES string of the molecule is N#Cc1ccc2c(c1)c1ccccc1n2-c1ccc(-c2ccccc2C#N)cc1-c1cccc(-n2c3ccccc3c3cc(C#N)ccc32)c1-c1nc(-c2ccccc2)nc(-c2ccccc2)n1. The normalized spacial score (nSPS) is 11.2. The molecule has 3 heterocycles. The smallest absolute Gasteiger partial charge is 0.166 e. The van der Waals surface area contributed by atoms with Crippen LogP contribution >= 0.6 is 0 Å². The molecule has 0 amide bonds. The topological polar surface area (TPSA) is 120 Å². The Balaban J connectivity index is 1.26. The van der Waals surface area contributed by atoms with Crippen molar-refractivity contribution in [3.63, 3.8) is 0 Å². The van der Waals surface area contributed by atoms with E-state index < -0.39 is 0 Å². The van der Waals surface area contributed by atoms with Gasteiger partial charge in [-0.15, -0.1) is 0 Å². The molecule has 12 aromatic rings. The van der Waals surface area contributed by atoms with Gasteiger partial charge in [0.25, 0.3) is 0 Å². The maximum atomic E-state index is 10.4. The number of rotatable bonds is 7. The highest BCUT2D eigenvalue weighted by Crippen LogP contribution is 2.45. The fourth-order valence-corrected chi connectivity index (χ4v) is 9.66. The summed E-state index contributed by atoms with van der Waals surface area (Å²) in [7, 11) is 0.